The fraction of sp³-hybridized carbons (Fsp3) is 0.762. The zero-order valence-electron chi connectivity index (χ0n) is 18.4. The summed E-state index contributed by atoms with van der Waals surface area (Å²) < 4.78 is 0. The number of urea groups is 1. The van der Waals surface area contributed by atoms with Crippen molar-refractivity contribution >= 4 is 29.7 Å². The molecule has 4 heterocycles. The number of aliphatic hydroxyl groups is 2. The number of hydrogen-bond acceptors (Lipinski definition) is 7. The molecule has 6 atom stereocenters. The number of thioether (sulfide) groups is 1. The Kier molecular flexibility index (Phi) is 6.71. The van der Waals surface area contributed by atoms with Crippen LogP contribution in [-0.2, 0) is 9.59 Å². The van der Waals surface area contributed by atoms with Crippen LogP contribution in [-0.4, -0.2) is 98.7 Å². The molecule has 4 aliphatic heterocycles. The third-order valence-electron chi connectivity index (χ3n) is 7.04. The van der Waals surface area contributed by atoms with Crippen LogP contribution in [0.15, 0.2) is 10.6 Å². The molecule has 10 nitrogen and oxygen atoms in total. The molecular formula is C21H32N4O6S. The van der Waals surface area contributed by atoms with Gasteiger partial charge in [-0.1, -0.05) is 6.92 Å². The number of carbonyl (C=O) groups is 3. The lowest BCUT2D eigenvalue weighted by molar-refractivity contribution is -0.163. The Balaban J connectivity index is 1.32. The molecule has 178 valence electrons. The highest BCUT2D eigenvalue weighted by atomic mass is 32.2. The van der Waals surface area contributed by atoms with Crippen LogP contribution in [0.4, 0.5) is 4.79 Å². The second-order valence-electron chi connectivity index (χ2n) is 9.26. The zero-order chi connectivity index (χ0) is 23.2. The fourth-order valence-corrected chi connectivity index (χ4v) is 6.80. The second-order valence-corrected chi connectivity index (χ2v) is 10.6. The molecule has 3 saturated heterocycles. The molecule has 0 aromatic carbocycles. The molecule has 0 spiro atoms. The highest BCUT2D eigenvalue weighted by Crippen LogP contribution is 2.51. The molecule has 3 fully saturated rings. The first-order chi connectivity index (χ1) is 15.2. The summed E-state index contributed by atoms with van der Waals surface area (Å²) in [6.07, 6.45) is 0.835. The molecule has 0 aliphatic carbocycles. The minimum atomic E-state index is -1.11. The van der Waals surface area contributed by atoms with Gasteiger partial charge in [0.25, 0.3) is 0 Å². The van der Waals surface area contributed by atoms with Gasteiger partial charge in [-0.3, -0.25) is 4.79 Å². The minimum absolute atomic E-state index is 0.0541. The van der Waals surface area contributed by atoms with Crippen molar-refractivity contribution in [1.29, 1.82) is 0 Å². The third-order valence-corrected chi connectivity index (χ3v) is 8.55. The van der Waals surface area contributed by atoms with Gasteiger partial charge in [-0.2, -0.15) is 0 Å². The van der Waals surface area contributed by atoms with Crippen molar-refractivity contribution in [3.63, 3.8) is 0 Å². The van der Waals surface area contributed by atoms with Gasteiger partial charge in [-0.25, -0.2) is 9.59 Å². The van der Waals surface area contributed by atoms with Gasteiger partial charge in [0.1, 0.15) is 5.70 Å². The van der Waals surface area contributed by atoms with Crippen LogP contribution in [0.5, 0.6) is 0 Å². The summed E-state index contributed by atoms with van der Waals surface area (Å²) in [6, 6.07) is -0.341. The Hall–Kier alpha value is -1.82. The van der Waals surface area contributed by atoms with Gasteiger partial charge in [0.05, 0.1) is 24.2 Å². The van der Waals surface area contributed by atoms with Crippen LogP contribution >= 0.6 is 11.8 Å². The fourth-order valence-electron chi connectivity index (χ4n) is 5.28. The summed E-state index contributed by atoms with van der Waals surface area (Å²) in [5, 5.41) is 35.8. The monoisotopic (exact) mass is 468 g/mol. The number of hydrogen-bond donors (Lipinski definition) is 5. The summed E-state index contributed by atoms with van der Waals surface area (Å²) in [7, 11) is 0. The zero-order valence-corrected chi connectivity index (χ0v) is 19.2. The van der Waals surface area contributed by atoms with Gasteiger partial charge in [0.2, 0.25) is 5.91 Å². The first-order valence-electron chi connectivity index (χ1n) is 11.3. The topological polar surface area (TPSA) is 142 Å². The van der Waals surface area contributed by atoms with Crippen molar-refractivity contribution in [2.45, 2.75) is 62.7 Å². The molecule has 11 heteroatoms. The van der Waals surface area contributed by atoms with E-state index in [2.05, 4.69) is 10.6 Å². The van der Waals surface area contributed by atoms with Crippen molar-refractivity contribution in [1.82, 2.24) is 20.4 Å². The van der Waals surface area contributed by atoms with Gasteiger partial charge < -0.3 is 35.8 Å². The Morgan fingerprint density at radius 2 is 2.00 bits per heavy atom. The summed E-state index contributed by atoms with van der Waals surface area (Å²) in [4.78, 5) is 40.5. The molecule has 4 aliphatic rings. The normalized spacial score (nSPS) is 33.9. The number of carboxylic acid groups (broad SMARTS) is 1. The van der Waals surface area contributed by atoms with Crippen LogP contribution in [0, 0.1) is 11.8 Å². The molecule has 32 heavy (non-hydrogen) atoms. The van der Waals surface area contributed by atoms with E-state index >= 15 is 0 Å². The average molecular weight is 469 g/mol. The Morgan fingerprint density at radius 1 is 1.31 bits per heavy atom. The maximum atomic E-state index is 12.5. The number of likely N-dealkylation sites (tertiary alicyclic amines) is 1. The summed E-state index contributed by atoms with van der Waals surface area (Å²) in [5.41, 5.74) is 0.0541. The van der Waals surface area contributed by atoms with Crippen molar-refractivity contribution in [2.24, 2.45) is 11.8 Å². The van der Waals surface area contributed by atoms with E-state index in [1.807, 2.05) is 6.92 Å². The number of fused-ring (bicyclic) bond motifs is 1. The van der Waals surface area contributed by atoms with E-state index in [-0.39, 0.29) is 47.0 Å². The van der Waals surface area contributed by atoms with Gasteiger partial charge in [-0.05, 0) is 26.2 Å². The first-order valence-corrected chi connectivity index (χ1v) is 12.2. The van der Waals surface area contributed by atoms with E-state index in [0.29, 0.717) is 43.9 Å². The average Bonchev–Trinajstić information content (AvgIpc) is 3.28. The van der Waals surface area contributed by atoms with Crippen LogP contribution in [0.2, 0.25) is 0 Å². The number of amides is 3. The molecule has 0 saturated carbocycles. The van der Waals surface area contributed by atoms with Crippen molar-refractivity contribution in [3.8, 4) is 0 Å². The summed E-state index contributed by atoms with van der Waals surface area (Å²) >= 11 is 1.50. The third kappa shape index (κ3) is 4.23. The van der Waals surface area contributed by atoms with Crippen molar-refractivity contribution < 1.29 is 29.7 Å². The van der Waals surface area contributed by atoms with Gasteiger partial charge in [0.15, 0.2) is 0 Å². The highest BCUT2D eigenvalue weighted by Gasteiger charge is 2.60. The van der Waals surface area contributed by atoms with E-state index in [4.69, 9.17) is 0 Å². The SMILES string of the molecule is C[C@@H](O)C1C(=O)N2C(C(=O)O)=C(S[C@@H]3CN[C@H](CNC(=O)N4CCC(O)CC4)C3)[C@H](C)[C@H]12. The molecule has 4 rings (SSSR count). The number of β-lactam (4-membered cyclic amide) rings is 1. The minimum Gasteiger partial charge on any atom is -0.477 e. The Morgan fingerprint density at radius 3 is 2.62 bits per heavy atom. The molecule has 0 aromatic heterocycles. The number of aliphatic carboxylic acids is 1. The largest absolute Gasteiger partial charge is 0.477 e. The summed E-state index contributed by atoms with van der Waals surface area (Å²) in [6.45, 7) is 5.77. The standard InChI is InChI=1S/C21H32N4O6S/c1-10-16-15(11(2)26)19(28)25(16)17(20(29)30)18(10)32-14-7-12(22-9-14)8-23-21(31)24-5-3-13(27)4-6-24/h10-16,22,26-27H,3-9H2,1-2H3,(H,23,31)(H,29,30)/t10-,11-,12+,14+,15?,16-/m1/s1. The van der Waals surface area contributed by atoms with Crippen molar-refractivity contribution in [3.05, 3.63) is 10.6 Å². The summed E-state index contributed by atoms with van der Waals surface area (Å²) in [5.74, 6) is -2.13. The van der Waals surface area contributed by atoms with Gasteiger partial charge in [0, 0.05) is 48.3 Å². The molecule has 5 N–H and O–H groups in total. The number of nitrogens with zero attached hydrogens (tertiary/aromatic N) is 2. The number of carboxylic acids is 1. The van der Waals surface area contributed by atoms with Crippen molar-refractivity contribution in [2.75, 3.05) is 26.2 Å². The van der Waals surface area contributed by atoms with Gasteiger partial charge >= 0.3 is 12.0 Å². The van der Waals surface area contributed by atoms with Crippen LogP contribution < -0.4 is 10.6 Å². The molecule has 0 bridgehead atoms. The van der Waals surface area contributed by atoms with Crippen LogP contribution in [0.1, 0.15) is 33.1 Å². The number of nitrogens with one attached hydrogen (secondary N) is 2. The van der Waals surface area contributed by atoms with E-state index in [0.717, 1.165) is 6.42 Å². The molecular weight excluding hydrogens is 436 g/mol. The number of carbonyl (C=O) groups excluding carboxylic acids is 2. The molecule has 1 unspecified atom stereocenters. The molecule has 0 aromatic rings. The highest BCUT2D eigenvalue weighted by molar-refractivity contribution is 8.03. The molecule has 0 radical (unpaired) electrons. The Bertz CT molecular complexity index is 812. The predicted octanol–water partition coefficient (Wildman–Crippen LogP) is -0.230. The first kappa shape index (κ1) is 23.3. The van der Waals surface area contributed by atoms with Crippen LogP contribution in [0.25, 0.3) is 0 Å². The van der Waals surface area contributed by atoms with E-state index in [1.165, 1.54) is 16.7 Å². The second kappa shape index (κ2) is 9.20. The van der Waals surface area contributed by atoms with E-state index < -0.39 is 18.0 Å². The molecule has 3 amide bonds. The Labute approximate surface area is 191 Å². The smallest absolute Gasteiger partial charge is 0.353 e. The number of piperidine rings is 1. The number of rotatable bonds is 6. The lowest BCUT2D eigenvalue weighted by Crippen LogP contribution is -2.63. The van der Waals surface area contributed by atoms with Crippen LogP contribution in [0.3, 0.4) is 0 Å². The van der Waals surface area contributed by atoms with E-state index in [1.54, 1.807) is 11.8 Å². The lowest BCUT2D eigenvalue weighted by Gasteiger charge is -2.46. The number of aliphatic hydroxyl groups excluding tert-OH is 2. The quantitative estimate of drug-likeness (QED) is 0.337. The maximum absolute atomic E-state index is 12.5. The maximum Gasteiger partial charge on any atom is 0.353 e. The van der Waals surface area contributed by atoms with Gasteiger partial charge in [-0.15, -0.1) is 11.8 Å². The van der Waals surface area contributed by atoms with E-state index in [9.17, 15) is 29.7 Å². The predicted molar refractivity (Wildman–Crippen MR) is 118 cm³/mol. The lowest BCUT2D eigenvalue weighted by atomic mass is 9.79.